The maximum Gasteiger partial charge on any atom is 0.272 e. The van der Waals surface area contributed by atoms with Crippen LogP contribution < -0.4 is 4.74 Å². The van der Waals surface area contributed by atoms with Crippen molar-refractivity contribution < 1.29 is 9.53 Å². The van der Waals surface area contributed by atoms with E-state index in [9.17, 15) is 4.79 Å². The van der Waals surface area contributed by atoms with Gasteiger partial charge in [0.25, 0.3) is 5.91 Å². The predicted molar refractivity (Wildman–Crippen MR) is 114 cm³/mol. The Hall–Kier alpha value is -2.11. The summed E-state index contributed by atoms with van der Waals surface area (Å²) in [5.74, 6) is 1.20. The van der Waals surface area contributed by atoms with E-state index in [1.807, 2.05) is 31.3 Å². The highest BCUT2D eigenvalue weighted by atomic mass is 35.5. The van der Waals surface area contributed by atoms with E-state index in [2.05, 4.69) is 16.0 Å². The molecule has 0 spiro atoms. The number of carbonyl (C=O) groups is 1. The van der Waals surface area contributed by atoms with Crippen LogP contribution in [-0.2, 0) is 6.54 Å². The molecule has 2 aromatic rings. The Morgan fingerprint density at radius 3 is 2.72 bits per heavy atom. The lowest BCUT2D eigenvalue weighted by Gasteiger charge is -2.37. The van der Waals surface area contributed by atoms with Gasteiger partial charge in [-0.15, -0.1) is 0 Å². The van der Waals surface area contributed by atoms with E-state index in [0.29, 0.717) is 11.6 Å². The Bertz CT molecular complexity index is 833. The number of likely N-dealkylation sites (tertiary alicyclic amines) is 1. The molecule has 0 atom stereocenters. The van der Waals surface area contributed by atoms with E-state index in [1.165, 1.54) is 12.8 Å². The second kappa shape index (κ2) is 9.14. The number of halogens is 1. The lowest BCUT2D eigenvalue weighted by molar-refractivity contribution is 0.0417. The number of amides is 1. The molecule has 2 aliphatic rings. The van der Waals surface area contributed by atoms with Gasteiger partial charge in [0.15, 0.2) is 0 Å². The van der Waals surface area contributed by atoms with Gasteiger partial charge in [-0.25, -0.2) is 0 Å². The number of benzene rings is 1. The average molecular weight is 414 g/mol. The zero-order chi connectivity index (χ0) is 20.2. The Morgan fingerprint density at radius 2 is 2.00 bits per heavy atom. The van der Waals surface area contributed by atoms with Crippen LogP contribution in [0.1, 0.15) is 41.7 Å². The fourth-order valence-electron chi connectivity index (χ4n) is 4.21. The number of ether oxygens (including phenoxy) is 1. The monoisotopic (exact) mass is 413 g/mol. The Kier molecular flexibility index (Phi) is 6.36. The molecule has 29 heavy (non-hydrogen) atoms. The summed E-state index contributed by atoms with van der Waals surface area (Å²) in [6, 6.07) is 11.5. The molecule has 0 N–H and O–H groups in total. The van der Waals surface area contributed by atoms with Crippen molar-refractivity contribution in [3.8, 4) is 5.75 Å². The van der Waals surface area contributed by atoms with E-state index in [0.717, 1.165) is 55.4 Å². The van der Waals surface area contributed by atoms with E-state index >= 15 is 0 Å². The minimum atomic E-state index is -0.0346. The number of hydrogen-bond acceptors (Lipinski definition) is 4. The topological polar surface area (TPSA) is 45.7 Å². The molecule has 1 aromatic heterocycles. The first-order valence-electron chi connectivity index (χ1n) is 10.4. The van der Waals surface area contributed by atoms with Crippen LogP contribution in [-0.4, -0.2) is 53.5 Å². The third-order valence-electron chi connectivity index (χ3n) is 5.88. The van der Waals surface area contributed by atoms with E-state index in [4.69, 9.17) is 16.3 Å². The van der Waals surface area contributed by atoms with Gasteiger partial charge < -0.3 is 9.64 Å². The van der Waals surface area contributed by atoms with Crippen LogP contribution in [0.25, 0.3) is 0 Å². The first kappa shape index (κ1) is 20.2. The summed E-state index contributed by atoms with van der Waals surface area (Å²) in [5, 5.41) is 0.741. The smallest absolute Gasteiger partial charge is 0.272 e. The Morgan fingerprint density at radius 1 is 1.21 bits per heavy atom. The number of rotatable bonds is 7. The molecule has 1 saturated carbocycles. The largest absolute Gasteiger partial charge is 0.489 e. The van der Waals surface area contributed by atoms with Crippen molar-refractivity contribution in [2.45, 2.75) is 38.3 Å². The highest BCUT2D eigenvalue weighted by molar-refractivity contribution is 6.32. The van der Waals surface area contributed by atoms with Gasteiger partial charge in [0, 0.05) is 26.3 Å². The van der Waals surface area contributed by atoms with Gasteiger partial charge in [-0.1, -0.05) is 29.8 Å². The molecule has 1 aromatic carbocycles. The van der Waals surface area contributed by atoms with Gasteiger partial charge in [-0.05, 0) is 68.5 Å². The highest BCUT2D eigenvalue weighted by Gasteiger charge is 2.33. The van der Waals surface area contributed by atoms with Gasteiger partial charge >= 0.3 is 0 Å². The van der Waals surface area contributed by atoms with Crippen molar-refractivity contribution >= 4 is 17.5 Å². The Balaban J connectivity index is 1.27. The fourth-order valence-corrected chi connectivity index (χ4v) is 4.44. The van der Waals surface area contributed by atoms with Crippen molar-refractivity contribution in [3.63, 3.8) is 0 Å². The zero-order valence-electron chi connectivity index (χ0n) is 16.9. The number of aromatic nitrogens is 1. The summed E-state index contributed by atoms with van der Waals surface area (Å²) in [6.07, 6.45) is 6.23. The molecule has 1 aliphatic heterocycles. The van der Waals surface area contributed by atoms with Crippen LogP contribution in [0.15, 0.2) is 42.6 Å². The highest BCUT2D eigenvalue weighted by Crippen LogP contribution is 2.36. The van der Waals surface area contributed by atoms with Crippen molar-refractivity contribution in [3.05, 3.63) is 58.9 Å². The van der Waals surface area contributed by atoms with Crippen LogP contribution in [0.5, 0.6) is 5.75 Å². The molecule has 1 saturated heterocycles. The van der Waals surface area contributed by atoms with Gasteiger partial charge in [0.1, 0.15) is 11.4 Å². The van der Waals surface area contributed by atoms with E-state index < -0.39 is 0 Å². The predicted octanol–water partition coefficient (Wildman–Crippen LogP) is 4.26. The lowest BCUT2D eigenvalue weighted by atomic mass is 9.82. The molecule has 154 valence electrons. The van der Waals surface area contributed by atoms with Crippen molar-refractivity contribution in [2.24, 2.45) is 5.92 Å². The van der Waals surface area contributed by atoms with Crippen LogP contribution in [0, 0.1) is 5.92 Å². The summed E-state index contributed by atoms with van der Waals surface area (Å²) in [4.78, 5) is 20.8. The minimum Gasteiger partial charge on any atom is -0.489 e. The molecule has 4 rings (SSSR count). The molecule has 0 radical (unpaired) electrons. The molecule has 6 heteroatoms. The Labute approximate surface area is 177 Å². The number of nitrogens with zero attached hydrogens (tertiary/aromatic N) is 3. The number of carbonyl (C=O) groups excluding carboxylic acids is 1. The van der Waals surface area contributed by atoms with Crippen LogP contribution in [0.2, 0.25) is 5.02 Å². The van der Waals surface area contributed by atoms with Crippen LogP contribution in [0.4, 0.5) is 0 Å². The average Bonchev–Trinajstić information content (AvgIpc) is 3.22. The van der Waals surface area contributed by atoms with Crippen LogP contribution >= 0.6 is 11.6 Å². The molecule has 0 unspecified atom stereocenters. The lowest BCUT2D eigenvalue weighted by Crippen LogP contribution is -2.42. The summed E-state index contributed by atoms with van der Waals surface area (Å²) in [6.45, 7) is 3.91. The minimum absolute atomic E-state index is 0.0346. The molecule has 1 amide bonds. The van der Waals surface area contributed by atoms with Gasteiger partial charge in [-0.2, -0.15) is 0 Å². The van der Waals surface area contributed by atoms with Gasteiger partial charge in [-0.3, -0.25) is 14.7 Å². The van der Waals surface area contributed by atoms with Crippen molar-refractivity contribution in [1.29, 1.82) is 0 Å². The van der Waals surface area contributed by atoms with Crippen LogP contribution in [0.3, 0.4) is 0 Å². The third-order valence-corrected chi connectivity index (χ3v) is 6.31. The number of hydrogen-bond donors (Lipinski definition) is 0. The second-order valence-corrected chi connectivity index (χ2v) is 8.57. The van der Waals surface area contributed by atoms with Gasteiger partial charge in [0.05, 0.1) is 11.1 Å². The van der Waals surface area contributed by atoms with Crippen molar-refractivity contribution in [2.75, 3.05) is 26.7 Å². The molecule has 2 heterocycles. The molecule has 2 fully saturated rings. The third kappa shape index (κ3) is 4.90. The summed E-state index contributed by atoms with van der Waals surface area (Å²) in [7, 11) is 1.84. The maximum atomic E-state index is 12.4. The quantitative estimate of drug-likeness (QED) is 0.680. The SMILES string of the molecule is CN(CC1CC(Oc2cccc(CN3CCCC3)c2Cl)C1)C(=O)c1ccccn1. The number of pyridine rings is 1. The molecule has 5 nitrogen and oxygen atoms in total. The second-order valence-electron chi connectivity index (χ2n) is 8.19. The van der Waals surface area contributed by atoms with Crippen molar-refractivity contribution in [1.82, 2.24) is 14.8 Å². The summed E-state index contributed by atoms with van der Waals surface area (Å²) < 4.78 is 6.18. The first-order valence-corrected chi connectivity index (χ1v) is 10.8. The summed E-state index contributed by atoms with van der Waals surface area (Å²) >= 11 is 6.63. The maximum absolute atomic E-state index is 12.4. The molecule has 1 aliphatic carbocycles. The standard InChI is InChI=1S/C23H28ClN3O2/c1-26(23(28)20-8-2-3-10-25-20)15-17-13-19(14-17)29-21-9-6-7-18(22(21)24)16-27-11-4-5-12-27/h2-3,6-10,17,19H,4-5,11-16H2,1H3. The summed E-state index contributed by atoms with van der Waals surface area (Å²) in [5.41, 5.74) is 1.63. The molecule has 0 bridgehead atoms. The normalized spacial score (nSPS) is 21.6. The van der Waals surface area contributed by atoms with E-state index in [1.54, 1.807) is 17.2 Å². The zero-order valence-corrected chi connectivity index (χ0v) is 17.6. The van der Waals surface area contributed by atoms with E-state index in [-0.39, 0.29) is 12.0 Å². The first-order chi connectivity index (χ1) is 14.1. The fraction of sp³-hybridized carbons (Fsp3) is 0.478. The van der Waals surface area contributed by atoms with Gasteiger partial charge in [0.2, 0.25) is 0 Å². The molecular formula is C23H28ClN3O2. The molecular weight excluding hydrogens is 386 g/mol.